The Morgan fingerprint density at radius 3 is 1.55 bits per heavy atom. The lowest BCUT2D eigenvalue weighted by Gasteiger charge is -2.30. The lowest BCUT2D eigenvalue weighted by atomic mass is 9.70. The van der Waals surface area contributed by atoms with E-state index >= 15 is 0 Å². The zero-order valence-corrected chi connectivity index (χ0v) is 19.4. The van der Waals surface area contributed by atoms with Gasteiger partial charge in [-0.25, -0.2) is 0 Å². The Balaban J connectivity index is 1.58. The summed E-state index contributed by atoms with van der Waals surface area (Å²) in [6, 6.07) is 41.7. The van der Waals surface area contributed by atoms with E-state index in [2.05, 4.69) is 130 Å². The van der Waals surface area contributed by atoms with Gasteiger partial charge in [0.15, 0.2) is 0 Å². The van der Waals surface area contributed by atoms with Gasteiger partial charge in [0.1, 0.15) is 0 Å². The molecule has 33 heavy (non-hydrogen) atoms. The summed E-state index contributed by atoms with van der Waals surface area (Å²) in [6.45, 7) is 0. The minimum Gasteiger partial charge on any atom is -0.355 e. The molecule has 0 bridgehead atoms. The lowest BCUT2D eigenvalue weighted by molar-refractivity contribution is 0.794. The fourth-order valence-corrected chi connectivity index (χ4v) is 6.33. The summed E-state index contributed by atoms with van der Waals surface area (Å²) in [5.74, 6) is 0. The first-order chi connectivity index (χ1) is 16.3. The second-order valence-corrected chi connectivity index (χ2v) is 9.61. The minimum atomic E-state index is -0.313. The molecule has 2 aliphatic carbocycles. The van der Waals surface area contributed by atoms with Gasteiger partial charge in [-0.15, -0.1) is 0 Å². The summed E-state index contributed by atoms with van der Waals surface area (Å²) in [5.41, 5.74) is 12.5. The Morgan fingerprint density at radius 1 is 0.485 bits per heavy atom. The zero-order chi connectivity index (χ0) is 22.0. The van der Waals surface area contributed by atoms with Gasteiger partial charge in [-0.1, -0.05) is 91.0 Å². The van der Waals surface area contributed by atoms with Crippen LogP contribution in [-0.2, 0) is 5.41 Å². The fourth-order valence-electron chi connectivity index (χ4n) is 5.88. The maximum Gasteiger partial charge on any atom is 0.0726 e. The molecular formula is C31H20BrN. The van der Waals surface area contributed by atoms with E-state index in [9.17, 15) is 0 Å². The summed E-state index contributed by atoms with van der Waals surface area (Å²) in [7, 11) is 0. The van der Waals surface area contributed by atoms with Crippen molar-refractivity contribution in [3.8, 4) is 22.3 Å². The summed E-state index contributed by atoms with van der Waals surface area (Å²) < 4.78 is 1.07. The predicted octanol–water partition coefficient (Wildman–Crippen LogP) is 8.54. The number of nitrogens with one attached hydrogen (secondary N) is 1. The predicted molar refractivity (Wildman–Crippen MR) is 140 cm³/mol. The van der Waals surface area contributed by atoms with Gasteiger partial charge in [0.05, 0.1) is 11.1 Å². The molecule has 0 fully saturated rings. The van der Waals surface area contributed by atoms with Crippen molar-refractivity contribution in [3.63, 3.8) is 0 Å². The topological polar surface area (TPSA) is 12.0 Å². The van der Waals surface area contributed by atoms with Crippen LogP contribution in [0.2, 0.25) is 0 Å². The van der Waals surface area contributed by atoms with Crippen LogP contribution in [0.3, 0.4) is 0 Å². The highest BCUT2D eigenvalue weighted by Crippen LogP contribution is 2.63. The number of benzene rings is 5. The molecule has 7 rings (SSSR count). The van der Waals surface area contributed by atoms with Crippen LogP contribution in [0.4, 0.5) is 11.4 Å². The smallest absolute Gasteiger partial charge is 0.0726 e. The number of anilines is 2. The Kier molecular flexibility index (Phi) is 3.97. The van der Waals surface area contributed by atoms with Crippen LogP contribution in [0.5, 0.6) is 0 Å². The van der Waals surface area contributed by atoms with Gasteiger partial charge in [-0.3, -0.25) is 0 Å². The SMILES string of the molecule is Brc1cc2c(cc1Nc1ccccc1)C1(c3ccccc3-c3ccccc31)c1ccccc1-2. The van der Waals surface area contributed by atoms with Crippen LogP contribution < -0.4 is 5.32 Å². The molecule has 5 aromatic rings. The number of hydrogen-bond donors (Lipinski definition) is 1. The first-order valence-electron chi connectivity index (χ1n) is 11.2. The Bertz CT molecular complexity index is 1510. The third-order valence-electron chi connectivity index (χ3n) is 7.14. The van der Waals surface area contributed by atoms with E-state index in [1.807, 2.05) is 6.07 Å². The van der Waals surface area contributed by atoms with Crippen molar-refractivity contribution in [2.45, 2.75) is 5.41 Å². The van der Waals surface area contributed by atoms with E-state index in [0.717, 1.165) is 15.8 Å². The van der Waals surface area contributed by atoms with Crippen molar-refractivity contribution < 1.29 is 0 Å². The van der Waals surface area contributed by atoms with Gasteiger partial charge in [-0.2, -0.15) is 0 Å². The van der Waals surface area contributed by atoms with Crippen molar-refractivity contribution in [1.29, 1.82) is 0 Å². The molecule has 5 aromatic carbocycles. The van der Waals surface area contributed by atoms with Gasteiger partial charge in [0, 0.05) is 10.2 Å². The molecule has 1 nitrogen and oxygen atoms in total. The van der Waals surface area contributed by atoms with Crippen LogP contribution >= 0.6 is 15.9 Å². The molecule has 0 saturated carbocycles. The molecule has 1 spiro atoms. The summed E-state index contributed by atoms with van der Waals surface area (Å²) in [4.78, 5) is 0. The lowest BCUT2D eigenvalue weighted by Crippen LogP contribution is -2.25. The van der Waals surface area contributed by atoms with Crippen LogP contribution in [0.25, 0.3) is 22.3 Å². The number of halogens is 1. The maximum atomic E-state index is 3.86. The highest BCUT2D eigenvalue weighted by atomic mass is 79.9. The number of para-hydroxylation sites is 1. The van der Waals surface area contributed by atoms with Gasteiger partial charge in [0.25, 0.3) is 0 Å². The van der Waals surface area contributed by atoms with E-state index in [-0.39, 0.29) is 5.41 Å². The van der Waals surface area contributed by atoms with Crippen molar-refractivity contribution in [1.82, 2.24) is 0 Å². The summed E-state index contributed by atoms with van der Waals surface area (Å²) >= 11 is 3.86. The molecule has 2 aliphatic rings. The third-order valence-corrected chi connectivity index (χ3v) is 7.79. The van der Waals surface area contributed by atoms with Crippen LogP contribution in [-0.4, -0.2) is 0 Å². The monoisotopic (exact) mass is 485 g/mol. The van der Waals surface area contributed by atoms with Gasteiger partial charge < -0.3 is 5.32 Å². The molecule has 0 unspecified atom stereocenters. The summed E-state index contributed by atoms with van der Waals surface area (Å²) in [5, 5.41) is 3.64. The quantitative estimate of drug-likeness (QED) is 0.258. The molecule has 0 amide bonds. The number of hydrogen-bond acceptors (Lipinski definition) is 1. The third kappa shape index (κ3) is 2.47. The molecule has 0 atom stereocenters. The van der Waals surface area contributed by atoms with Crippen LogP contribution in [0, 0.1) is 0 Å². The molecular weight excluding hydrogens is 466 g/mol. The molecule has 0 aromatic heterocycles. The largest absolute Gasteiger partial charge is 0.355 e. The highest BCUT2D eigenvalue weighted by molar-refractivity contribution is 9.10. The van der Waals surface area contributed by atoms with E-state index in [1.165, 1.54) is 44.5 Å². The molecule has 0 heterocycles. The summed E-state index contributed by atoms with van der Waals surface area (Å²) in [6.07, 6.45) is 0. The maximum absolute atomic E-state index is 3.86. The normalized spacial score (nSPS) is 13.8. The van der Waals surface area contributed by atoms with E-state index < -0.39 is 0 Å². The first kappa shape index (κ1) is 18.9. The molecule has 156 valence electrons. The van der Waals surface area contributed by atoms with Crippen LogP contribution in [0.15, 0.2) is 120 Å². The number of fused-ring (bicyclic) bond motifs is 10. The standard InChI is InChI=1S/C31H20BrN/c32-29-18-24-23-14-6-9-17-27(23)31(28(24)19-30(29)33-20-10-2-1-3-11-20)25-15-7-4-12-21(25)22-13-5-8-16-26(22)31/h1-19,33H. The zero-order valence-electron chi connectivity index (χ0n) is 17.8. The molecule has 1 N–H and O–H groups in total. The first-order valence-corrected chi connectivity index (χ1v) is 12.0. The van der Waals surface area contributed by atoms with Crippen molar-refractivity contribution in [2.75, 3.05) is 5.32 Å². The average Bonchev–Trinajstić information content (AvgIpc) is 3.32. The van der Waals surface area contributed by atoms with Crippen molar-refractivity contribution >= 4 is 27.3 Å². The van der Waals surface area contributed by atoms with Gasteiger partial charge in [-0.05, 0) is 84.7 Å². The second-order valence-electron chi connectivity index (χ2n) is 8.76. The van der Waals surface area contributed by atoms with Crippen LogP contribution in [0.1, 0.15) is 22.3 Å². The van der Waals surface area contributed by atoms with E-state index in [1.54, 1.807) is 0 Å². The van der Waals surface area contributed by atoms with E-state index in [0.29, 0.717) is 0 Å². The Morgan fingerprint density at radius 2 is 0.970 bits per heavy atom. The highest BCUT2D eigenvalue weighted by Gasteiger charge is 2.51. The Labute approximate surface area is 201 Å². The average molecular weight is 486 g/mol. The van der Waals surface area contributed by atoms with Crippen molar-refractivity contribution in [3.05, 3.63) is 142 Å². The second kappa shape index (κ2) is 6.94. The van der Waals surface area contributed by atoms with Gasteiger partial charge in [0.2, 0.25) is 0 Å². The number of rotatable bonds is 2. The minimum absolute atomic E-state index is 0.313. The molecule has 0 saturated heterocycles. The molecule has 0 radical (unpaired) electrons. The van der Waals surface area contributed by atoms with Gasteiger partial charge >= 0.3 is 0 Å². The Hall–Kier alpha value is -3.62. The van der Waals surface area contributed by atoms with E-state index in [4.69, 9.17) is 0 Å². The molecule has 0 aliphatic heterocycles. The van der Waals surface area contributed by atoms with Crippen molar-refractivity contribution in [2.24, 2.45) is 0 Å². The molecule has 2 heteroatoms. The fraction of sp³-hybridized carbons (Fsp3) is 0.0323.